The molecule has 154 valence electrons. The third kappa shape index (κ3) is 4.97. The fourth-order valence-electron chi connectivity index (χ4n) is 3.17. The van der Waals surface area contributed by atoms with Crippen molar-refractivity contribution in [2.75, 3.05) is 0 Å². The number of carbonyl (C=O) groups is 1. The van der Waals surface area contributed by atoms with Crippen molar-refractivity contribution in [3.05, 3.63) is 65.5 Å². The van der Waals surface area contributed by atoms with Crippen LogP contribution < -0.4 is 4.74 Å². The molecule has 1 aliphatic rings. The van der Waals surface area contributed by atoms with E-state index in [0.29, 0.717) is 12.4 Å². The molecule has 0 saturated carbocycles. The highest BCUT2D eigenvalue weighted by Crippen LogP contribution is 2.41. The summed E-state index contributed by atoms with van der Waals surface area (Å²) in [4.78, 5) is 11.5. The minimum absolute atomic E-state index is 0.105. The van der Waals surface area contributed by atoms with E-state index in [4.69, 9.17) is 14.0 Å². The zero-order valence-electron chi connectivity index (χ0n) is 17.1. The van der Waals surface area contributed by atoms with E-state index >= 15 is 0 Å². The molecule has 1 aliphatic heterocycles. The van der Waals surface area contributed by atoms with Gasteiger partial charge in [-0.2, -0.15) is 0 Å². The predicted octanol–water partition coefficient (Wildman–Crippen LogP) is 4.59. The van der Waals surface area contributed by atoms with Crippen LogP contribution in [-0.4, -0.2) is 29.4 Å². The van der Waals surface area contributed by atoms with Gasteiger partial charge in [-0.05, 0) is 63.1 Å². The molecule has 0 bridgehead atoms. The summed E-state index contributed by atoms with van der Waals surface area (Å²) in [5.74, 6) is -1.01. The van der Waals surface area contributed by atoms with Gasteiger partial charge in [-0.25, -0.2) is 4.39 Å². The van der Waals surface area contributed by atoms with Gasteiger partial charge in [0.25, 0.3) is 0 Å². The number of halogens is 1. The summed E-state index contributed by atoms with van der Waals surface area (Å²) >= 11 is 0. The molecule has 1 N–H and O–H groups in total. The highest BCUT2D eigenvalue weighted by Gasteiger charge is 2.54. The molecular weight excluding hydrogens is 374 g/mol. The number of carboxylic acids is 1. The predicted molar refractivity (Wildman–Crippen MR) is 108 cm³/mol. The number of ether oxygens (including phenoxy) is 1. The first-order valence-corrected chi connectivity index (χ1v) is 9.62. The summed E-state index contributed by atoms with van der Waals surface area (Å²) in [6.45, 7) is 8.08. The minimum Gasteiger partial charge on any atom is -0.489 e. The first-order valence-electron chi connectivity index (χ1n) is 9.62. The Hall–Kier alpha value is -2.38. The quantitative estimate of drug-likeness (QED) is 0.689. The molecule has 0 aromatic heterocycles. The molecule has 0 amide bonds. The van der Waals surface area contributed by atoms with Gasteiger partial charge in [-0.15, -0.1) is 0 Å². The van der Waals surface area contributed by atoms with Crippen LogP contribution in [0.5, 0.6) is 5.75 Å². The zero-order valence-corrected chi connectivity index (χ0v) is 17.1. The number of rotatable bonds is 7. The maximum absolute atomic E-state index is 13.0. The summed E-state index contributed by atoms with van der Waals surface area (Å²) < 4.78 is 30.9. The van der Waals surface area contributed by atoms with Gasteiger partial charge in [-0.1, -0.05) is 24.3 Å². The van der Waals surface area contributed by atoms with Gasteiger partial charge in [0, 0.05) is 5.82 Å². The van der Waals surface area contributed by atoms with E-state index in [1.165, 1.54) is 12.1 Å². The molecule has 0 radical (unpaired) electrons. The molecule has 1 fully saturated rings. The van der Waals surface area contributed by atoms with E-state index in [2.05, 4.69) is 0 Å². The molecule has 7 heteroatoms. The second kappa shape index (κ2) is 8.16. The van der Waals surface area contributed by atoms with Gasteiger partial charge in [0.1, 0.15) is 18.2 Å². The molecule has 1 unspecified atom stereocenters. The fourth-order valence-corrected chi connectivity index (χ4v) is 3.17. The van der Waals surface area contributed by atoms with Crippen LogP contribution in [0.15, 0.2) is 48.5 Å². The second-order valence-electron chi connectivity index (χ2n) is 8.31. The van der Waals surface area contributed by atoms with Gasteiger partial charge in [0.05, 0.1) is 17.6 Å². The van der Waals surface area contributed by atoms with Crippen LogP contribution in [0.1, 0.15) is 51.1 Å². The van der Waals surface area contributed by atoms with E-state index in [1.54, 1.807) is 24.3 Å². The molecular formula is C22H26BFO5. The lowest BCUT2D eigenvalue weighted by atomic mass is 9.66. The molecule has 3 rings (SSSR count). The Morgan fingerprint density at radius 2 is 1.59 bits per heavy atom. The Labute approximate surface area is 170 Å². The molecule has 0 aliphatic carbocycles. The van der Waals surface area contributed by atoms with E-state index in [9.17, 15) is 14.3 Å². The summed E-state index contributed by atoms with van der Waals surface area (Å²) in [6, 6.07) is 13.4. The second-order valence-corrected chi connectivity index (χ2v) is 8.31. The number of benzene rings is 2. The van der Waals surface area contributed by atoms with Crippen molar-refractivity contribution < 1.29 is 28.3 Å². The van der Waals surface area contributed by atoms with E-state index < -0.39 is 30.1 Å². The van der Waals surface area contributed by atoms with Crippen LogP contribution in [0.3, 0.4) is 0 Å². The molecule has 2 aromatic carbocycles. The third-order valence-corrected chi connectivity index (χ3v) is 5.62. The first kappa shape index (κ1) is 21.3. The lowest BCUT2D eigenvalue weighted by Crippen LogP contribution is -2.41. The maximum atomic E-state index is 13.0. The van der Waals surface area contributed by atoms with Crippen LogP contribution in [0.25, 0.3) is 0 Å². The van der Waals surface area contributed by atoms with Crippen molar-refractivity contribution in [3.8, 4) is 5.75 Å². The van der Waals surface area contributed by atoms with Gasteiger partial charge in [0.2, 0.25) is 0 Å². The summed E-state index contributed by atoms with van der Waals surface area (Å²) in [5.41, 5.74) is 0.593. The Morgan fingerprint density at radius 3 is 2.10 bits per heavy atom. The average molecular weight is 400 g/mol. The topological polar surface area (TPSA) is 65.0 Å². The third-order valence-electron chi connectivity index (χ3n) is 5.62. The Balaban J connectivity index is 1.72. The van der Waals surface area contributed by atoms with Crippen molar-refractivity contribution in [1.29, 1.82) is 0 Å². The largest absolute Gasteiger partial charge is 0.489 e. The Morgan fingerprint density at radius 1 is 1.03 bits per heavy atom. The van der Waals surface area contributed by atoms with Gasteiger partial charge in [-0.3, -0.25) is 4.79 Å². The number of hydrogen-bond donors (Lipinski definition) is 1. The lowest BCUT2D eigenvalue weighted by Gasteiger charge is -2.32. The van der Waals surface area contributed by atoms with Crippen LogP contribution in [-0.2, 0) is 20.7 Å². The van der Waals surface area contributed by atoms with Crippen LogP contribution >= 0.6 is 0 Å². The van der Waals surface area contributed by atoms with Crippen molar-refractivity contribution >= 4 is 13.1 Å². The summed E-state index contributed by atoms with van der Waals surface area (Å²) in [7, 11) is -0.651. The van der Waals surface area contributed by atoms with Crippen LogP contribution in [0, 0.1) is 5.82 Å². The monoisotopic (exact) mass is 400 g/mol. The standard InChI is InChI=1S/C22H26BFO5/c1-21(2)22(3,4)29-23(28-21)19(13-20(25)26)16-7-11-18(12-8-16)27-14-15-5-9-17(24)10-6-15/h5-12,19H,13-14H2,1-4H3,(H,25,26). The van der Waals surface area contributed by atoms with Crippen LogP contribution in [0.4, 0.5) is 4.39 Å². The van der Waals surface area contributed by atoms with Gasteiger partial charge >= 0.3 is 13.1 Å². The fraction of sp³-hybridized carbons (Fsp3) is 0.409. The smallest absolute Gasteiger partial charge is 0.466 e. The van der Waals surface area contributed by atoms with Gasteiger partial charge < -0.3 is 19.2 Å². The first-order chi connectivity index (χ1) is 13.6. The molecule has 1 atom stereocenters. The number of hydrogen-bond acceptors (Lipinski definition) is 4. The van der Waals surface area contributed by atoms with Crippen molar-refractivity contribution in [3.63, 3.8) is 0 Å². The summed E-state index contributed by atoms with van der Waals surface area (Å²) in [6.07, 6.45) is -0.105. The molecule has 1 saturated heterocycles. The van der Waals surface area contributed by atoms with E-state index in [1.807, 2.05) is 39.8 Å². The minimum atomic E-state index is -0.915. The van der Waals surface area contributed by atoms with Crippen molar-refractivity contribution in [2.45, 2.75) is 57.7 Å². The summed E-state index contributed by atoms with van der Waals surface area (Å²) in [5, 5.41) is 9.39. The molecule has 1 heterocycles. The van der Waals surface area contributed by atoms with Crippen molar-refractivity contribution in [2.24, 2.45) is 0 Å². The SMILES string of the molecule is CC1(C)OB(C(CC(=O)O)c2ccc(OCc3ccc(F)cc3)cc2)OC1(C)C. The highest BCUT2D eigenvalue weighted by atomic mass is 19.1. The maximum Gasteiger partial charge on any atom is 0.466 e. The Kier molecular flexibility index (Phi) is 6.01. The highest BCUT2D eigenvalue weighted by molar-refractivity contribution is 6.48. The lowest BCUT2D eigenvalue weighted by molar-refractivity contribution is -0.137. The van der Waals surface area contributed by atoms with Gasteiger partial charge in [0.15, 0.2) is 0 Å². The van der Waals surface area contributed by atoms with Crippen LogP contribution in [0.2, 0.25) is 0 Å². The number of aliphatic carboxylic acids is 1. The number of carboxylic acid groups (broad SMARTS) is 1. The normalized spacial score (nSPS) is 18.4. The molecule has 29 heavy (non-hydrogen) atoms. The Bertz CT molecular complexity index is 833. The van der Waals surface area contributed by atoms with E-state index in [-0.39, 0.29) is 12.2 Å². The van der Waals surface area contributed by atoms with E-state index in [0.717, 1.165) is 11.1 Å². The molecule has 2 aromatic rings. The van der Waals surface area contributed by atoms with Crippen molar-refractivity contribution in [1.82, 2.24) is 0 Å². The average Bonchev–Trinajstić information content (AvgIpc) is 2.87. The zero-order chi connectivity index (χ0) is 21.2. The molecule has 5 nitrogen and oxygen atoms in total. The molecule has 0 spiro atoms.